The van der Waals surface area contributed by atoms with Crippen molar-refractivity contribution in [2.45, 2.75) is 0 Å². The van der Waals surface area contributed by atoms with Gasteiger partial charge in [-0.3, -0.25) is 0 Å². The molecule has 0 aromatic heterocycles. The van der Waals surface area contributed by atoms with Gasteiger partial charge in [-0.25, -0.2) is 0 Å². The quantitative estimate of drug-likeness (QED) is 0.183. The molecule has 9 aromatic carbocycles. The van der Waals surface area contributed by atoms with Gasteiger partial charge in [0.05, 0.1) is 11.4 Å². The predicted octanol–water partition coefficient (Wildman–Crippen LogP) is 13.1. The van der Waals surface area contributed by atoms with Crippen molar-refractivity contribution >= 4 is 60.2 Å². The lowest BCUT2D eigenvalue weighted by atomic mass is 9.76. The van der Waals surface area contributed by atoms with E-state index < -0.39 is 0 Å². The standard InChI is InChI=1S/C46H29N/c1-2-12-30(13-3-1)31-22-24-36(25-23-31)47(44-29-35-17-6-8-18-37(35)39-20-10-11-21-40(39)44)46-38-19-9-7-16-34(38)28-43-41-26-32-14-4-5-15-33(32)27-42(41)45(43)46/h1-29H. The average molecular weight is 596 g/mol. The predicted molar refractivity (Wildman–Crippen MR) is 201 cm³/mol. The van der Waals surface area contributed by atoms with E-state index in [1.165, 1.54) is 87.8 Å². The second-order valence-electron chi connectivity index (χ2n) is 12.5. The molecule has 0 saturated heterocycles. The minimum atomic E-state index is 1.14. The molecule has 1 aliphatic carbocycles. The minimum absolute atomic E-state index is 1.14. The molecule has 9 aromatic rings. The van der Waals surface area contributed by atoms with Crippen LogP contribution < -0.4 is 4.90 Å². The van der Waals surface area contributed by atoms with E-state index in [-0.39, 0.29) is 0 Å². The normalized spacial score (nSPS) is 11.8. The molecule has 1 aliphatic rings. The number of hydrogen-bond acceptors (Lipinski definition) is 1. The van der Waals surface area contributed by atoms with Gasteiger partial charge in [-0.2, -0.15) is 0 Å². The zero-order valence-corrected chi connectivity index (χ0v) is 25.7. The number of anilines is 3. The van der Waals surface area contributed by atoms with E-state index in [1.807, 2.05) is 0 Å². The van der Waals surface area contributed by atoms with Crippen LogP contribution in [0.1, 0.15) is 0 Å². The Balaban J connectivity index is 1.31. The van der Waals surface area contributed by atoms with Crippen LogP contribution in [-0.4, -0.2) is 0 Å². The molecule has 0 spiro atoms. The van der Waals surface area contributed by atoms with Crippen molar-refractivity contribution in [1.29, 1.82) is 0 Å². The summed E-state index contributed by atoms with van der Waals surface area (Å²) in [5.74, 6) is 0. The van der Waals surface area contributed by atoms with Gasteiger partial charge in [-0.15, -0.1) is 0 Å². The second kappa shape index (κ2) is 10.2. The van der Waals surface area contributed by atoms with Gasteiger partial charge in [0.15, 0.2) is 0 Å². The van der Waals surface area contributed by atoms with E-state index in [0.717, 1.165) is 5.69 Å². The van der Waals surface area contributed by atoms with E-state index in [9.17, 15) is 0 Å². The summed E-state index contributed by atoms with van der Waals surface area (Å²) in [6.45, 7) is 0. The van der Waals surface area contributed by atoms with Gasteiger partial charge in [0.1, 0.15) is 0 Å². The number of nitrogens with zero attached hydrogens (tertiary/aromatic N) is 1. The van der Waals surface area contributed by atoms with E-state index >= 15 is 0 Å². The Hall–Kier alpha value is -6.18. The van der Waals surface area contributed by atoms with E-state index in [2.05, 4.69) is 181 Å². The molecule has 0 heterocycles. The third-order valence-electron chi connectivity index (χ3n) is 9.91. The Labute approximate surface area is 273 Å². The lowest BCUT2D eigenvalue weighted by Gasteiger charge is -2.36. The first kappa shape index (κ1) is 26.1. The highest BCUT2D eigenvalue weighted by atomic mass is 15.1. The minimum Gasteiger partial charge on any atom is -0.309 e. The average Bonchev–Trinajstić information content (AvgIpc) is 3.14. The smallest absolute Gasteiger partial charge is 0.0625 e. The van der Waals surface area contributed by atoms with Crippen LogP contribution in [0, 0.1) is 0 Å². The summed E-state index contributed by atoms with van der Waals surface area (Å²) in [5, 5.41) is 10.0. The number of hydrogen-bond donors (Lipinski definition) is 0. The lowest BCUT2D eigenvalue weighted by Crippen LogP contribution is -2.15. The van der Waals surface area contributed by atoms with Gasteiger partial charge in [0.25, 0.3) is 0 Å². The summed E-state index contributed by atoms with van der Waals surface area (Å²) in [6.07, 6.45) is 0. The molecular weight excluding hydrogens is 567 g/mol. The van der Waals surface area contributed by atoms with Crippen molar-refractivity contribution < 1.29 is 0 Å². The molecule has 10 rings (SSSR count). The molecule has 0 N–H and O–H groups in total. The zero-order chi connectivity index (χ0) is 30.9. The Morgan fingerprint density at radius 2 is 0.830 bits per heavy atom. The highest BCUT2D eigenvalue weighted by molar-refractivity contribution is 6.22. The number of fused-ring (bicyclic) bond motifs is 9. The lowest BCUT2D eigenvalue weighted by molar-refractivity contribution is 1.31. The fourth-order valence-corrected chi connectivity index (χ4v) is 7.69. The van der Waals surface area contributed by atoms with Gasteiger partial charge in [-0.1, -0.05) is 140 Å². The van der Waals surface area contributed by atoms with Crippen molar-refractivity contribution in [2.24, 2.45) is 0 Å². The van der Waals surface area contributed by atoms with E-state index in [0.29, 0.717) is 0 Å². The summed E-state index contributed by atoms with van der Waals surface area (Å²) in [7, 11) is 0. The first-order chi connectivity index (χ1) is 23.3. The molecule has 0 bridgehead atoms. The Morgan fingerprint density at radius 3 is 1.55 bits per heavy atom. The van der Waals surface area contributed by atoms with Crippen molar-refractivity contribution in [3.63, 3.8) is 0 Å². The van der Waals surface area contributed by atoms with Crippen LogP contribution >= 0.6 is 0 Å². The topological polar surface area (TPSA) is 3.24 Å². The van der Waals surface area contributed by atoms with Crippen LogP contribution in [0.2, 0.25) is 0 Å². The maximum absolute atomic E-state index is 2.53. The van der Waals surface area contributed by atoms with Crippen LogP contribution in [0.3, 0.4) is 0 Å². The third kappa shape index (κ3) is 3.97. The highest BCUT2D eigenvalue weighted by Crippen LogP contribution is 2.58. The first-order valence-electron chi connectivity index (χ1n) is 16.3. The molecule has 0 aliphatic heterocycles. The molecule has 1 nitrogen and oxygen atoms in total. The van der Waals surface area contributed by atoms with Gasteiger partial charge < -0.3 is 4.90 Å². The molecule has 0 unspecified atom stereocenters. The summed E-state index contributed by atoms with van der Waals surface area (Å²) in [5.41, 5.74) is 11.2. The SMILES string of the molecule is c1ccc(-c2ccc(N(c3c4c(cc5ccccc35)-c3cc5ccccc5cc3-4)c3cc4ccccc4c4ccccc34)cc2)cc1. The fourth-order valence-electron chi connectivity index (χ4n) is 7.69. The van der Waals surface area contributed by atoms with Crippen molar-refractivity contribution in [2.75, 3.05) is 4.90 Å². The van der Waals surface area contributed by atoms with Gasteiger partial charge >= 0.3 is 0 Å². The third-order valence-corrected chi connectivity index (χ3v) is 9.91. The van der Waals surface area contributed by atoms with E-state index in [4.69, 9.17) is 0 Å². The summed E-state index contributed by atoms with van der Waals surface area (Å²) >= 11 is 0. The molecular formula is C46H29N. The fraction of sp³-hybridized carbons (Fsp3) is 0. The highest BCUT2D eigenvalue weighted by Gasteiger charge is 2.32. The zero-order valence-electron chi connectivity index (χ0n) is 25.7. The van der Waals surface area contributed by atoms with Gasteiger partial charge in [0, 0.05) is 22.0 Å². The van der Waals surface area contributed by atoms with Crippen molar-refractivity contribution in [3.05, 3.63) is 176 Å². The summed E-state index contributed by atoms with van der Waals surface area (Å²) < 4.78 is 0. The van der Waals surface area contributed by atoms with Crippen LogP contribution in [0.15, 0.2) is 176 Å². The van der Waals surface area contributed by atoms with Crippen LogP contribution in [0.5, 0.6) is 0 Å². The van der Waals surface area contributed by atoms with Crippen molar-refractivity contribution in [1.82, 2.24) is 0 Å². The number of rotatable bonds is 4. The second-order valence-corrected chi connectivity index (χ2v) is 12.5. The largest absolute Gasteiger partial charge is 0.309 e. The maximum atomic E-state index is 2.53. The monoisotopic (exact) mass is 595 g/mol. The van der Waals surface area contributed by atoms with Crippen LogP contribution in [0.25, 0.3) is 76.5 Å². The summed E-state index contributed by atoms with van der Waals surface area (Å²) in [6, 6.07) is 64.5. The molecule has 0 amide bonds. The molecule has 0 radical (unpaired) electrons. The molecule has 0 saturated carbocycles. The molecule has 0 atom stereocenters. The van der Waals surface area contributed by atoms with Gasteiger partial charge in [-0.05, 0) is 96.5 Å². The Kier molecular flexibility index (Phi) is 5.64. The number of benzene rings is 9. The van der Waals surface area contributed by atoms with Crippen LogP contribution in [-0.2, 0) is 0 Å². The molecule has 47 heavy (non-hydrogen) atoms. The Morgan fingerprint density at radius 1 is 0.319 bits per heavy atom. The Bertz CT molecular complexity index is 2670. The van der Waals surface area contributed by atoms with Crippen molar-refractivity contribution in [3.8, 4) is 33.4 Å². The van der Waals surface area contributed by atoms with Crippen LogP contribution in [0.4, 0.5) is 17.1 Å². The summed E-state index contributed by atoms with van der Waals surface area (Å²) in [4.78, 5) is 2.53. The molecule has 1 heteroatoms. The molecule has 0 fully saturated rings. The molecule has 218 valence electrons. The first-order valence-corrected chi connectivity index (χ1v) is 16.3. The van der Waals surface area contributed by atoms with Gasteiger partial charge in [0.2, 0.25) is 0 Å². The van der Waals surface area contributed by atoms with E-state index in [1.54, 1.807) is 0 Å². The maximum Gasteiger partial charge on any atom is 0.0625 e.